The van der Waals surface area contributed by atoms with E-state index in [-0.39, 0.29) is 5.91 Å². The Morgan fingerprint density at radius 2 is 1.65 bits per heavy atom. The predicted molar refractivity (Wildman–Crippen MR) is 95.0 cm³/mol. The summed E-state index contributed by atoms with van der Waals surface area (Å²) in [6.45, 7) is 3.08. The van der Waals surface area contributed by atoms with E-state index in [9.17, 15) is 4.79 Å². The van der Waals surface area contributed by atoms with E-state index in [2.05, 4.69) is 34.5 Å². The minimum absolute atomic E-state index is 0.00924. The summed E-state index contributed by atoms with van der Waals surface area (Å²) in [5.74, 6) is 0.00924. The zero-order chi connectivity index (χ0) is 15.9. The lowest BCUT2D eigenvalue weighted by molar-refractivity contribution is 0.0953. The van der Waals surface area contributed by atoms with E-state index >= 15 is 0 Å². The third-order valence-electron chi connectivity index (χ3n) is 4.37. The van der Waals surface area contributed by atoms with Crippen LogP contribution in [0, 0.1) is 0 Å². The molecule has 1 amide bonds. The molecule has 0 aromatic heterocycles. The van der Waals surface area contributed by atoms with Gasteiger partial charge in [-0.15, -0.1) is 0 Å². The summed E-state index contributed by atoms with van der Waals surface area (Å²) < 4.78 is 0. The third kappa shape index (κ3) is 4.35. The number of nitrogens with zero attached hydrogens (tertiary/aromatic N) is 1. The Bertz CT molecular complexity index is 616. The van der Waals surface area contributed by atoms with Crippen molar-refractivity contribution in [2.45, 2.75) is 25.7 Å². The number of nitrogens with one attached hydrogen (secondary N) is 1. The van der Waals surface area contributed by atoms with Gasteiger partial charge in [0.25, 0.3) is 5.91 Å². The molecule has 3 rings (SSSR count). The topological polar surface area (TPSA) is 32.3 Å². The molecule has 2 aromatic rings. The Morgan fingerprint density at radius 3 is 2.35 bits per heavy atom. The predicted octanol–water partition coefficient (Wildman–Crippen LogP) is 3.65. The Balaban J connectivity index is 1.41. The molecule has 120 valence electrons. The van der Waals surface area contributed by atoms with Gasteiger partial charge in [-0.2, -0.15) is 0 Å². The smallest absolute Gasteiger partial charge is 0.251 e. The molecule has 23 heavy (non-hydrogen) atoms. The number of carbonyl (C=O) groups excluding carboxylic acids is 1. The van der Waals surface area contributed by atoms with Gasteiger partial charge in [0, 0.05) is 30.9 Å². The molecule has 3 heteroatoms. The average Bonchev–Trinajstić information content (AvgIpc) is 3.14. The van der Waals surface area contributed by atoms with E-state index in [1.165, 1.54) is 37.2 Å². The van der Waals surface area contributed by atoms with Crippen LogP contribution >= 0.6 is 0 Å². The van der Waals surface area contributed by atoms with Gasteiger partial charge in [-0.25, -0.2) is 0 Å². The molecule has 2 aromatic carbocycles. The van der Waals surface area contributed by atoms with Gasteiger partial charge < -0.3 is 10.2 Å². The van der Waals surface area contributed by atoms with Crippen LogP contribution in [-0.4, -0.2) is 25.5 Å². The summed E-state index contributed by atoms with van der Waals surface area (Å²) in [4.78, 5) is 14.4. The number of amides is 1. The number of anilines is 1. The molecule has 0 radical (unpaired) electrons. The van der Waals surface area contributed by atoms with E-state index in [1.807, 2.05) is 30.3 Å². The number of rotatable bonds is 6. The van der Waals surface area contributed by atoms with Crippen LogP contribution in [0.4, 0.5) is 5.69 Å². The lowest BCUT2D eigenvalue weighted by Gasteiger charge is -2.17. The first-order valence-electron chi connectivity index (χ1n) is 8.50. The summed E-state index contributed by atoms with van der Waals surface area (Å²) in [5, 5.41) is 2.98. The molecule has 0 atom stereocenters. The van der Waals surface area contributed by atoms with Crippen molar-refractivity contribution in [3.8, 4) is 0 Å². The number of hydrogen-bond acceptors (Lipinski definition) is 2. The molecule has 1 fully saturated rings. The molecule has 0 spiro atoms. The molecule has 1 saturated heterocycles. The standard InChI is InChI=1S/C20H24N2O/c23-20(18-8-2-1-3-9-18)21-14-6-7-17-10-12-19(13-11-17)22-15-4-5-16-22/h1-3,8-13H,4-7,14-16H2,(H,21,23). The molecule has 0 saturated carbocycles. The van der Waals surface area contributed by atoms with Crippen molar-refractivity contribution in [2.24, 2.45) is 0 Å². The van der Waals surface area contributed by atoms with E-state index in [1.54, 1.807) is 0 Å². The molecule has 0 aliphatic carbocycles. The number of hydrogen-bond donors (Lipinski definition) is 1. The van der Waals surface area contributed by atoms with E-state index < -0.39 is 0 Å². The maximum absolute atomic E-state index is 11.9. The quantitative estimate of drug-likeness (QED) is 0.826. The van der Waals surface area contributed by atoms with Crippen LogP contribution in [0.2, 0.25) is 0 Å². The van der Waals surface area contributed by atoms with Crippen molar-refractivity contribution < 1.29 is 4.79 Å². The Hall–Kier alpha value is -2.29. The van der Waals surface area contributed by atoms with Crippen LogP contribution in [-0.2, 0) is 6.42 Å². The summed E-state index contributed by atoms with van der Waals surface area (Å²) in [5.41, 5.74) is 3.40. The highest BCUT2D eigenvalue weighted by atomic mass is 16.1. The van der Waals surface area contributed by atoms with Gasteiger partial charge in [0.15, 0.2) is 0 Å². The van der Waals surface area contributed by atoms with Crippen molar-refractivity contribution in [1.82, 2.24) is 5.32 Å². The highest BCUT2D eigenvalue weighted by Crippen LogP contribution is 2.20. The van der Waals surface area contributed by atoms with Crippen molar-refractivity contribution in [1.29, 1.82) is 0 Å². The van der Waals surface area contributed by atoms with Crippen LogP contribution in [0.1, 0.15) is 35.2 Å². The Labute approximate surface area is 138 Å². The van der Waals surface area contributed by atoms with Crippen LogP contribution in [0.15, 0.2) is 54.6 Å². The maximum Gasteiger partial charge on any atom is 0.251 e. The van der Waals surface area contributed by atoms with Crippen molar-refractivity contribution in [3.63, 3.8) is 0 Å². The lowest BCUT2D eigenvalue weighted by Crippen LogP contribution is -2.24. The minimum Gasteiger partial charge on any atom is -0.372 e. The Morgan fingerprint density at radius 1 is 0.957 bits per heavy atom. The minimum atomic E-state index is 0.00924. The molecular formula is C20H24N2O. The molecule has 1 N–H and O–H groups in total. The second-order valence-corrected chi connectivity index (χ2v) is 6.09. The fourth-order valence-electron chi connectivity index (χ4n) is 3.03. The number of carbonyl (C=O) groups is 1. The second-order valence-electron chi connectivity index (χ2n) is 6.09. The third-order valence-corrected chi connectivity index (χ3v) is 4.37. The van der Waals surface area contributed by atoms with Gasteiger partial charge in [-0.05, 0) is 55.5 Å². The lowest BCUT2D eigenvalue weighted by atomic mass is 10.1. The molecule has 0 unspecified atom stereocenters. The van der Waals surface area contributed by atoms with Crippen molar-refractivity contribution in [2.75, 3.05) is 24.5 Å². The summed E-state index contributed by atoms with van der Waals surface area (Å²) in [6, 6.07) is 18.3. The fraction of sp³-hybridized carbons (Fsp3) is 0.350. The van der Waals surface area contributed by atoms with Gasteiger partial charge >= 0.3 is 0 Å². The van der Waals surface area contributed by atoms with Gasteiger partial charge in [0.2, 0.25) is 0 Å². The van der Waals surface area contributed by atoms with Gasteiger partial charge in [-0.1, -0.05) is 30.3 Å². The van der Waals surface area contributed by atoms with E-state index in [0.29, 0.717) is 6.54 Å². The Kier molecular flexibility index (Phi) is 5.30. The molecule has 1 heterocycles. The first-order chi connectivity index (χ1) is 11.3. The highest BCUT2D eigenvalue weighted by molar-refractivity contribution is 5.94. The molecule has 1 aliphatic rings. The largest absolute Gasteiger partial charge is 0.372 e. The van der Waals surface area contributed by atoms with Crippen LogP contribution in [0.5, 0.6) is 0 Å². The van der Waals surface area contributed by atoms with Gasteiger partial charge in [0.1, 0.15) is 0 Å². The number of aryl methyl sites for hydroxylation is 1. The number of benzene rings is 2. The van der Waals surface area contributed by atoms with Crippen LogP contribution in [0.25, 0.3) is 0 Å². The zero-order valence-corrected chi connectivity index (χ0v) is 13.5. The van der Waals surface area contributed by atoms with Crippen LogP contribution < -0.4 is 10.2 Å². The molecule has 0 bridgehead atoms. The first kappa shape index (κ1) is 15.6. The van der Waals surface area contributed by atoms with Crippen molar-refractivity contribution >= 4 is 11.6 Å². The van der Waals surface area contributed by atoms with Gasteiger partial charge in [-0.3, -0.25) is 4.79 Å². The first-order valence-corrected chi connectivity index (χ1v) is 8.50. The molecule has 1 aliphatic heterocycles. The van der Waals surface area contributed by atoms with Gasteiger partial charge in [0.05, 0.1) is 0 Å². The fourth-order valence-corrected chi connectivity index (χ4v) is 3.03. The van der Waals surface area contributed by atoms with E-state index in [4.69, 9.17) is 0 Å². The van der Waals surface area contributed by atoms with Crippen molar-refractivity contribution in [3.05, 3.63) is 65.7 Å². The van der Waals surface area contributed by atoms with Crippen LogP contribution in [0.3, 0.4) is 0 Å². The monoisotopic (exact) mass is 308 g/mol. The normalized spacial score (nSPS) is 14.0. The SMILES string of the molecule is O=C(NCCCc1ccc(N2CCCC2)cc1)c1ccccc1. The summed E-state index contributed by atoms with van der Waals surface area (Å²) >= 11 is 0. The molecule has 3 nitrogen and oxygen atoms in total. The summed E-state index contributed by atoms with van der Waals surface area (Å²) in [7, 11) is 0. The zero-order valence-electron chi connectivity index (χ0n) is 13.5. The molecular weight excluding hydrogens is 284 g/mol. The highest BCUT2D eigenvalue weighted by Gasteiger charge is 2.11. The maximum atomic E-state index is 11.9. The summed E-state index contributed by atoms with van der Waals surface area (Å²) in [6.07, 6.45) is 4.57. The van der Waals surface area contributed by atoms with E-state index in [0.717, 1.165) is 18.4 Å². The second kappa shape index (κ2) is 7.82. The average molecular weight is 308 g/mol.